The minimum absolute atomic E-state index is 0.0235. The molecule has 5 nitrogen and oxygen atoms in total. The van der Waals surface area contributed by atoms with Crippen LogP contribution in [0.4, 0.5) is 5.13 Å². The highest BCUT2D eigenvalue weighted by Gasteiger charge is 2.28. The summed E-state index contributed by atoms with van der Waals surface area (Å²) in [5, 5.41) is 12.2. The number of nitrogens with one attached hydrogen (secondary N) is 1. The SMILES string of the molecule is CCNc1nnc(C(=O)N2CCC(C)C(C)C2)s1. The van der Waals surface area contributed by atoms with Crippen LogP contribution in [0.25, 0.3) is 0 Å². The smallest absolute Gasteiger partial charge is 0.284 e. The van der Waals surface area contributed by atoms with E-state index in [-0.39, 0.29) is 5.91 Å². The van der Waals surface area contributed by atoms with Crippen LogP contribution in [0.3, 0.4) is 0 Å². The van der Waals surface area contributed by atoms with Gasteiger partial charge in [0.05, 0.1) is 0 Å². The molecule has 0 aliphatic carbocycles. The van der Waals surface area contributed by atoms with E-state index < -0.39 is 0 Å². The zero-order valence-electron chi connectivity index (χ0n) is 11.1. The second-order valence-electron chi connectivity index (χ2n) is 4.94. The molecule has 100 valence electrons. The molecule has 2 unspecified atom stereocenters. The van der Waals surface area contributed by atoms with E-state index in [0.29, 0.717) is 16.8 Å². The molecule has 0 bridgehead atoms. The molecule has 1 saturated heterocycles. The molecule has 1 fully saturated rings. The maximum absolute atomic E-state index is 12.3. The Labute approximate surface area is 112 Å². The Morgan fingerprint density at radius 2 is 2.22 bits per heavy atom. The summed E-state index contributed by atoms with van der Waals surface area (Å²) in [6, 6.07) is 0. The topological polar surface area (TPSA) is 58.1 Å². The number of hydrogen-bond acceptors (Lipinski definition) is 5. The summed E-state index contributed by atoms with van der Waals surface area (Å²) in [7, 11) is 0. The fourth-order valence-corrected chi connectivity index (χ4v) is 2.89. The largest absolute Gasteiger partial charge is 0.360 e. The number of carbonyl (C=O) groups is 1. The molecule has 1 aromatic heterocycles. The summed E-state index contributed by atoms with van der Waals surface area (Å²) in [6.07, 6.45) is 1.08. The first-order valence-corrected chi connectivity index (χ1v) is 7.30. The van der Waals surface area contributed by atoms with Crippen LogP contribution in [0.15, 0.2) is 0 Å². The molecule has 0 spiro atoms. The lowest BCUT2D eigenvalue weighted by molar-refractivity contribution is 0.0626. The minimum Gasteiger partial charge on any atom is -0.360 e. The van der Waals surface area contributed by atoms with Crippen molar-refractivity contribution in [2.45, 2.75) is 27.2 Å². The number of likely N-dealkylation sites (tertiary alicyclic amines) is 1. The molecule has 1 aromatic rings. The quantitative estimate of drug-likeness (QED) is 0.912. The van der Waals surface area contributed by atoms with Crippen LogP contribution in [0, 0.1) is 11.8 Å². The standard InChI is InChI=1S/C12H20N4OS/c1-4-13-12-15-14-10(18-12)11(17)16-6-5-8(2)9(3)7-16/h8-9H,4-7H2,1-3H3,(H,13,15). The number of anilines is 1. The Kier molecular flexibility index (Phi) is 4.16. The Bertz CT molecular complexity index is 420. The molecule has 18 heavy (non-hydrogen) atoms. The van der Waals surface area contributed by atoms with Gasteiger partial charge in [-0.05, 0) is 25.2 Å². The second kappa shape index (κ2) is 5.65. The number of nitrogens with zero attached hydrogens (tertiary/aromatic N) is 3. The van der Waals surface area contributed by atoms with Gasteiger partial charge in [-0.15, -0.1) is 10.2 Å². The van der Waals surface area contributed by atoms with E-state index in [1.54, 1.807) is 0 Å². The van der Waals surface area contributed by atoms with Gasteiger partial charge in [0, 0.05) is 19.6 Å². The molecule has 1 aliphatic rings. The lowest BCUT2D eigenvalue weighted by Crippen LogP contribution is -2.42. The first-order valence-electron chi connectivity index (χ1n) is 6.48. The molecule has 1 N–H and O–H groups in total. The summed E-state index contributed by atoms with van der Waals surface area (Å²) >= 11 is 1.34. The second-order valence-corrected chi connectivity index (χ2v) is 5.91. The molecule has 2 atom stereocenters. The van der Waals surface area contributed by atoms with Gasteiger partial charge in [-0.2, -0.15) is 0 Å². The summed E-state index contributed by atoms with van der Waals surface area (Å²) in [5.41, 5.74) is 0. The minimum atomic E-state index is 0.0235. The van der Waals surface area contributed by atoms with Crippen molar-refractivity contribution in [1.29, 1.82) is 0 Å². The van der Waals surface area contributed by atoms with E-state index in [1.807, 2.05) is 11.8 Å². The van der Waals surface area contributed by atoms with Crippen molar-refractivity contribution >= 4 is 22.4 Å². The van der Waals surface area contributed by atoms with E-state index in [0.717, 1.165) is 31.2 Å². The molecule has 0 aromatic carbocycles. The maximum atomic E-state index is 12.3. The van der Waals surface area contributed by atoms with Gasteiger partial charge in [0.25, 0.3) is 5.91 Å². The molecule has 0 saturated carbocycles. The van der Waals surface area contributed by atoms with E-state index in [2.05, 4.69) is 29.4 Å². The van der Waals surface area contributed by atoms with Gasteiger partial charge >= 0.3 is 0 Å². The van der Waals surface area contributed by atoms with Crippen LogP contribution < -0.4 is 5.32 Å². The van der Waals surface area contributed by atoms with Crippen molar-refractivity contribution in [3.05, 3.63) is 5.01 Å². The van der Waals surface area contributed by atoms with Crippen molar-refractivity contribution in [2.75, 3.05) is 25.0 Å². The van der Waals surface area contributed by atoms with Crippen molar-refractivity contribution in [3.8, 4) is 0 Å². The van der Waals surface area contributed by atoms with Gasteiger partial charge in [-0.25, -0.2) is 0 Å². The Morgan fingerprint density at radius 3 is 2.89 bits per heavy atom. The Hall–Kier alpha value is -1.17. The highest BCUT2D eigenvalue weighted by atomic mass is 32.1. The molecule has 1 aliphatic heterocycles. The van der Waals surface area contributed by atoms with Crippen LogP contribution >= 0.6 is 11.3 Å². The van der Waals surface area contributed by atoms with Crippen LogP contribution in [-0.4, -0.2) is 40.6 Å². The highest BCUT2D eigenvalue weighted by Crippen LogP contribution is 2.25. The third kappa shape index (κ3) is 2.80. The van der Waals surface area contributed by atoms with Crippen molar-refractivity contribution in [3.63, 3.8) is 0 Å². The van der Waals surface area contributed by atoms with Crippen molar-refractivity contribution in [2.24, 2.45) is 11.8 Å². The third-order valence-corrected chi connectivity index (χ3v) is 4.43. The highest BCUT2D eigenvalue weighted by molar-refractivity contribution is 7.17. The van der Waals surface area contributed by atoms with E-state index in [4.69, 9.17) is 0 Å². The molecule has 0 radical (unpaired) electrons. The van der Waals surface area contributed by atoms with Crippen molar-refractivity contribution in [1.82, 2.24) is 15.1 Å². The van der Waals surface area contributed by atoms with Crippen LogP contribution in [-0.2, 0) is 0 Å². The van der Waals surface area contributed by atoms with Gasteiger partial charge in [0.2, 0.25) is 10.1 Å². The number of rotatable bonds is 3. The van der Waals surface area contributed by atoms with Crippen LogP contribution in [0.2, 0.25) is 0 Å². The fraction of sp³-hybridized carbons (Fsp3) is 0.750. The van der Waals surface area contributed by atoms with E-state index >= 15 is 0 Å². The molecule has 6 heteroatoms. The predicted molar refractivity (Wildman–Crippen MR) is 72.9 cm³/mol. The van der Waals surface area contributed by atoms with Crippen LogP contribution in [0.5, 0.6) is 0 Å². The summed E-state index contributed by atoms with van der Waals surface area (Å²) in [6.45, 7) is 8.91. The zero-order chi connectivity index (χ0) is 13.1. The first-order chi connectivity index (χ1) is 8.61. The lowest BCUT2D eigenvalue weighted by Gasteiger charge is -2.34. The average molecular weight is 268 g/mol. The lowest BCUT2D eigenvalue weighted by atomic mass is 9.89. The fourth-order valence-electron chi connectivity index (χ4n) is 2.11. The number of piperidine rings is 1. The Balaban J connectivity index is 2.02. The Morgan fingerprint density at radius 1 is 1.44 bits per heavy atom. The van der Waals surface area contributed by atoms with E-state index in [9.17, 15) is 4.79 Å². The summed E-state index contributed by atoms with van der Waals surface area (Å²) in [4.78, 5) is 14.2. The molecule has 2 rings (SSSR count). The molecular formula is C12H20N4OS. The maximum Gasteiger partial charge on any atom is 0.284 e. The number of carbonyl (C=O) groups excluding carboxylic acids is 1. The average Bonchev–Trinajstić information content (AvgIpc) is 2.81. The molecular weight excluding hydrogens is 248 g/mol. The molecule has 1 amide bonds. The van der Waals surface area contributed by atoms with E-state index in [1.165, 1.54) is 11.3 Å². The number of hydrogen-bond donors (Lipinski definition) is 1. The van der Waals surface area contributed by atoms with Gasteiger partial charge in [-0.1, -0.05) is 25.2 Å². The van der Waals surface area contributed by atoms with Crippen LogP contribution in [0.1, 0.15) is 37.0 Å². The third-order valence-electron chi connectivity index (χ3n) is 3.56. The van der Waals surface area contributed by atoms with Gasteiger partial charge in [0.15, 0.2) is 0 Å². The van der Waals surface area contributed by atoms with Gasteiger partial charge < -0.3 is 10.2 Å². The number of aromatic nitrogens is 2. The summed E-state index contributed by atoms with van der Waals surface area (Å²) < 4.78 is 0. The molecule has 2 heterocycles. The van der Waals surface area contributed by atoms with Crippen molar-refractivity contribution < 1.29 is 4.79 Å². The van der Waals surface area contributed by atoms with Gasteiger partial charge in [0.1, 0.15) is 0 Å². The zero-order valence-corrected chi connectivity index (χ0v) is 12.0. The summed E-state index contributed by atoms with van der Waals surface area (Å²) in [5.74, 6) is 1.28. The predicted octanol–water partition coefficient (Wildman–Crippen LogP) is 2.09. The van der Waals surface area contributed by atoms with Gasteiger partial charge in [-0.3, -0.25) is 4.79 Å². The normalized spacial score (nSPS) is 24.1. The number of amides is 1. The monoisotopic (exact) mass is 268 g/mol. The first kappa shape index (κ1) is 13.3.